The van der Waals surface area contributed by atoms with Gasteiger partial charge in [0.2, 0.25) is 5.91 Å². The Labute approximate surface area is 199 Å². The van der Waals surface area contributed by atoms with Gasteiger partial charge in [0.15, 0.2) is 0 Å². The molecule has 2 aromatic carbocycles. The molecule has 2 atom stereocenters. The smallest absolute Gasteiger partial charge is 0.407 e. The zero-order valence-corrected chi connectivity index (χ0v) is 19.6. The average Bonchev–Trinajstić information content (AvgIpc) is 3.59. The van der Waals surface area contributed by atoms with Crippen molar-refractivity contribution in [1.82, 2.24) is 10.6 Å². The van der Waals surface area contributed by atoms with Crippen molar-refractivity contribution >= 4 is 18.0 Å². The van der Waals surface area contributed by atoms with Crippen LogP contribution in [0.25, 0.3) is 11.1 Å². The number of benzene rings is 2. The number of rotatable bonds is 10. The number of fused-ring (bicyclic) bond motifs is 3. The highest BCUT2D eigenvalue weighted by Crippen LogP contribution is 2.44. The van der Waals surface area contributed by atoms with Gasteiger partial charge in [-0.05, 0) is 40.5 Å². The molecule has 7 nitrogen and oxygen atoms in total. The molecule has 1 saturated carbocycles. The van der Waals surface area contributed by atoms with Crippen LogP contribution in [0.15, 0.2) is 48.5 Å². The maximum absolute atomic E-state index is 12.8. The van der Waals surface area contributed by atoms with Crippen LogP contribution in [-0.4, -0.2) is 42.3 Å². The summed E-state index contributed by atoms with van der Waals surface area (Å²) in [4.78, 5) is 36.8. The second-order valence-corrected chi connectivity index (χ2v) is 9.65. The van der Waals surface area contributed by atoms with Crippen LogP contribution in [0.4, 0.5) is 4.79 Å². The number of hydrogen-bond acceptors (Lipinski definition) is 4. The molecule has 7 heteroatoms. The van der Waals surface area contributed by atoms with Gasteiger partial charge in [0.25, 0.3) is 0 Å². The summed E-state index contributed by atoms with van der Waals surface area (Å²) in [7, 11) is 0. The van der Waals surface area contributed by atoms with Crippen LogP contribution in [0, 0.1) is 17.8 Å². The molecule has 34 heavy (non-hydrogen) atoms. The maximum atomic E-state index is 12.8. The Bertz CT molecular complexity index is 1020. The number of nitrogens with one attached hydrogen (secondary N) is 2. The molecule has 2 aliphatic rings. The summed E-state index contributed by atoms with van der Waals surface area (Å²) < 4.78 is 5.57. The number of aliphatic carboxylic acids is 1. The van der Waals surface area contributed by atoms with Gasteiger partial charge in [0.05, 0.1) is 5.92 Å². The Morgan fingerprint density at radius 1 is 1.00 bits per heavy atom. The van der Waals surface area contributed by atoms with E-state index in [9.17, 15) is 19.5 Å². The third kappa shape index (κ3) is 5.41. The molecule has 2 aliphatic carbocycles. The molecule has 3 N–H and O–H groups in total. The summed E-state index contributed by atoms with van der Waals surface area (Å²) >= 11 is 0. The van der Waals surface area contributed by atoms with E-state index in [1.807, 2.05) is 24.3 Å². The SMILES string of the molecule is CC(C)C(NC(=O)C(CNC(=O)OCC1c2ccccc2-c2ccccc21)CC1CC1)C(=O)O. The van der Waals surface area contributed by atoms with Gasteiger partial charge in [0, 0.05) is 12.5 Å². The average molecular weight is 465 g/mol. The number of amides is 2. The van der Waals surface area contributed by atoms with Crippen molar-refractivity contribution in [2.45, 2.75) is 45.1 Å². The molecule has 0 saturated heterocycles. The fourth-order valence-electron chi connectivity index (χ4n) is 4.68. The van der Waals surface area contributed by atoms with Gasteiger partial charge >= 0.3 is 12.1 Å². The molecule has 2 unspecified atom stereocenters. The van der Waals surface area contributed by atoms with Crippen LogP contribution in [-0.2, 0) is 14.3 Å². The second-order valence-electron chi connectivity index (χ2n) is 9.65. The number of ether oxygens (including phenoxy) is 1. The first-order valence-electron chi connectivity index (χ1n) is 12.0. The third-order valence-corrected chi connectivity index (χ3v) is 6.75. The van der Waals surface area contributed by atoms with Gasteiger partial charge in [0.1, 0.15) is 12.6 Å². The normalized spacial score (nSPS) is 16.3. The monoisotopic (exact) mass is 464 g/mol. The molecule has 2 aromatic rings. The van der Waals surface area contributed by atoms with Gasteiger partial charge in [-0.15, -0.1) is 0 Å². The van der Waals surface area contributed by atoms with E-state index in [4.69, 9.17) is 4.74 Å². The van der Waals surface area contributed by atoms with E-state index in [0.29, 0.717) is 12.3 Å². The Morgan fingerprint density at radius 3 is 2.12 bits per heavy atom. The standard InChI is InChI=1S/C27H32N2O5/c1-16(2)24(26(31)32)29-25(30)18(13-17-11-12-17)14-28-27(33)34-15-23-21-9-5-3-7-19(21)20-8-4-6-10-22(20)23/h3-10,16-18,23-24H,11-15H2,1-2H3,(H,28,33)(H,29,30)(H,31,32). The van der Waals surface area contributed by atoms with Gasteiger partial charge in [-0.25, -0.2) is 9.59 Å². The lowest BCUT2D eigenvalue weighted by molar-refractivity contribution is -0.143. The van der Waals surface area contributed by atoms with Crippen molar-refractivity contribution in [2.24, 2.45) is 17.8 Å². The van der Waals surface area contributed by atoms with E-state index in [2.05, 4.69) is 34.9 Å². The highest BCUT2D eigenvalue weighted by atomic mass is 16.5. The topological polar surface area (TPSA) is 105 Å². The number of carbonyl (C=O) groups is 3. The lowest BCUT2D eigenvalue weighted by Gasteiger charge is -2.23. The molecule has 0 aromatic heterocycles. The first-order chi connectivity index (χ1) is 16.3. The number of carboxylic acids is 1. The first-order valence-corrected chi connectivity index (χ1v) is 12.0. The third-order valence-electron chi connectivity index (χ3n) is 6.75. The second kappa shape index (κ2) is 10.3. The lowest BCUT2D eigenvalue weighted by atomic mass is 9.98. The Morgan fingerprint density at radius 2 is 1.59 bits per heavy atom. The summed E-state index contributed by atoms with van der Waals surface area (Å²) in [6.45, 7) is 3.82. The Hall–Kier alpha value is -3.35. The van der Waals surface area contributed by atoms with Crippen molar-refractivity contribution < 1.29 is 24.2 Å². The fraction of sp³-hybridized carbons (Fsp3) is 0.444. The fourth-order valence-corrected chi connectivity index (χ4v) is 4.68. The molecule has 0 bridgehead atoms. The molecule has 0 aliphatic heterocycles. The minimum Gasteiger partial charge on any atom is -0.480 e. The quantitative estimate of drug-likeness (QED) is 0.490. The van der Waals surface area contributed by atoms with E-state index in [0.717, 1.165) is 35.1 Å². The zero-order valence-electron chi connectivity index (χ0n) is 19.6. The number of alkyl carbamates (subject to hydrolysis) is 1. The maximum Gasteiger partial charge on any atom is 0.407 e. The van der Waals surface area contributed by atoms with Crippen molar-refractivity contribution in [2.75, 3.05) is 13.2 Å². The lowest BCUT2D eigenvalue weighted by Crippen LogP contribution is -2.48. The summed E-state index contributed by atoms with van der Waals surface area (Å²) in [6, 6.07) is 15.3. The first kappa shape index (κ1) is 23.8. The van der Waals surface area contributed by atoms with Crippen LogP contribution in [0.2, 0.25) is 0 Å². The van der Waals surface area contributed by atoms with Gasteiger partial charge in [-0.1, -0.05) is 75.2 Å². The molecule has 4 rings (SSSR count). The number of carboxylic acid groups (broad SMARTS) is 1. The van der Waals surface area contributed by atoms with Gasteiger partial charge in [-0.3, -0.25) is 4.79 Å². The highest BCUT2D eigenvalue weighted by Gasteiger charge is 2.33. The van der Waals surface area contributed by atoms with Crippen molar-refractivity contribution in [1.29, 1.82) is 0 Å². The van der Waals surface area contributed by atoms with Gasteiger partial charge < -0.3 is 20.5 Å². The van der Waals surface area contributed by atoms with Crippen LogP contribution in [0.1, 0.15) is 50.2 Å². The van der Waals surface area contributed by atoms with E-state index in [-0.39, 0.29) is 30.9 Å². The molecule has 0 radical (unpaired) electrons. The number of carbonyl (C=O) groups excluding carboxylic acids is 2. The van der Waals surface area contributed by atoms with Crippen LogP contribution in [0.3, 0.4) is 0 Å². The minimum atomic E-state index is -1.06. The molecular weight excluding hydrogens is 432 g/mol. The van der Waals surface area contributed by atoms with E-state index in [1.165, 1.54) is 0 Å². The van der Waals surface area contributed by atoms with Crippen molar-refractivity contribution in [3.05, 3.63) is 59.7 Å². The van der Waals surface area contributed by atoms with Crippen molar-refractivity contribution in [3.63, 3.8) is 0 Å². The van der Waals surface area contributed by atoms with Crippen LogP contribution in [0.5, 0.6) is 0 Å². The van der Waals surface area contributed by atoms with Crippen molar-refractivity contribution in [3.8, 4) is 11.1 Å². The molecule has 1 fully saturated rings. The van der Waals surface area contributed by atoms with E-state index >= 15 is 0 Å². The molecule has 180 valence electrons. The van der Waals surface area contributed by atoms with E-state index in [1.54, 1.807) is 13.8 Å². The highest BCUT2D eigenvalue weighted by molar-refractivity contribution is 5.85. The molecule has 2 amide bonds. The summed E-state index contributed by atoms with van der Waals surface area (Å²) in [5, 5.41) is 14.8. The largest absolute Gasteiger partial charge is 0.480 e. The van der Waals surface area contributed by atoms with Gasteiger partial charge in [-0.2, -0.15) is 0 Å². The Balaban J connectivity index is 1.35. The minimum absolute atomic E-state index is 0.0360. The summed E-state index contributed by atoms with van der Waals surface area (Å²) in [5.74, 6) is -1.72. The van der Waals surface area contributed by atoms with E-state index < -0.39 is 24.0 Å². The summed E-state index contributed by atoms with van der Waals surface area (Å²) in [5.41, 5.74) is 4.59. The molecule has 0 spiro atoms. The predicted molar refractivity (Wildman–Crippen MR) is 128 cm³/mol. The van der Waals surface area contributed by atoms with Crippen LogP contribution < -0.4 is 10.6 Å². The zero-order chi connectivity index (χ0) is 24.2. The molecular formula is C27H32N2O5. The summed E-state index contributed by atoms with van der Waals surface area (Å²) in [6.07, 6.45) is 2.16. The predicted octanol–water partition coefficient (Wildman–Crippen LogP) is 4.17. The number of hydrogen-bond donors (Lipinski definition) is 3. The van der Waals surface area contributed by atoms with Crippen LogP contribution >= 0.6 is 0 Å². The molecule has 0 heterocycles. The Kier molecular flexibility index (Phi) is 7.20.